The number of aliphatic hydroxyl groups excluding tert-OH is 1. The lowest BCUT2D eigenvalue weighted by molar-refractivity contribution is 0.279. The molecule has 0 bridgehead atoms. The first-order chi connectivity index (χ1) is 8.02. The van der Waals surface area contributed by atoms with E-state index in [1.54, 1.807) is 0 Å². The minimum Gasteiger partial charge on any atom is -0.392 e. The Kier molecular flexibility index (Phi) is 3.79. The highest BCUT2D eigenvalue weighted by atomic mass is 79.9. The van der Waals surface area contributed by atoms with E-state index < -0.39 is 0 Å². The standard InChI is InChI=1S/C14H20BrNO/c1-14(2)5-7-16(8-6-14)12-4-3-11(10-17)13(15)9-12/h3-4,9,17H,5-8,10H2,1-2H3. The maximum Gasteiger partial charge on any atom is 0.0692 e. The van der Waals surface area contributed by atoms with E-state index in [0.717, 1.165) is 23.1 Å². The molecule has 0 saturated carbocycles. The van der Waals surface area contributed by atoms with Crippen molar-refractivity contribution in [2.75, 3.05) is 18.0 Å². The second-order valence-electron chi connectivity index (χ2n) is 5.59. The maximum atomic E-state index is 9.14. The van der Waals surface area contributed by atoms with E-state index in [-0.39, 0.29) is 6.61 Å². The van der Waals surface area contributed by atoms with Crippen LogP contribution in [-0.2, 0) is 6.61 Å². The summed E-state index contributed by atoms with van der Waals surface area (Å²) in [6.45, 7) is 7.02. The van der Waals surface area contributed by atoms with Crippen molar-refractivity contribution >= 4 is 21.6 Å². The summed E-state index contributed by atoms with van der Waals surface area (Å²) in [4.78, 5) is 2.43. The zero-order chi connectivity index (χ0) is 12.5. The predicted octanol–water partition coefficient (Wildman–Crippen LogP) is 3.57. The Morgan fingerprint density at radius 3 is 2.47 bits per heavy atom. The summed E-state index contributed by atoms with van der Waals surface area (Å²) in [5.74, 6) is 0. The first-order valence-corrected chi connectivity index (χ1v) is 6.95. The Labute approximate surface area is 112 Å². The summed E-state index contributed by atoms with van der Waals surface area (Å²) in [6.07, 6.45) is 2.48. The Bertz CT molecular complexity index is 393. The van der Waals surface area contributed by atoms with Crippen LogP contribution >= 0.6 is 15.9 Å². The number of rotatable bonds is 2. The van der Waals surface area contributed by atoms with Gasteiger partial charge >= 0.3 is 0 Å². The first kappa shape index (κ1) is 12.9. The molecule has 0 aliphatic carbocycles. The molecule has 1 aliphatic rings. The number of benzene rings is 1. The minimum atomic E-state index is 0.0912. The molecular weight excluding hydrogens is 278 g/mol. The van der Waals surface area contributed by atoms with Gasteiger partial charge in [-0.3, -0.25) is 0 Å². The molecule has 1 fully saturated rings. The van der Waals surface area contributed by atoms with Crippen molar-refractivity contribution < 1.29 is 5.11 Å². The van der Waals surface area contributed by atoms with Gasteiger partial charge in [-0.05, 0) is 36.0 Å². The average Bonchev–Trinajstić information content (AvgIpc) is 2.29. The fraction of sp³-hybridized carbons (Fsp3) is 0.571. The lowest BCUT2D eigenvalue weighted by atomic mass is 9.82. The van der Waals surface area contributed by atoms with Crippen molar-refractivity contribution in [1.82, 2.24) is 0 Å². The number of aliphatic hydroxyl groups is 1. The first-order valence-electron chi connectivity index (χ1n) is 6.16. The fourth-order valence-electron chi connectivity index (χ4n) is 2.23. The smallest absolute Gasteiger partial charge is 0.0692 e. The summed E-state index contributed by atoms with van der Waals surface area (Å²) < 4.78 is 1.00. The van der Waals surface area contributed by atoms with Gasteiger partial charge in [-0.1, -0.05) is 35.8 Å². The van der Waals surface area contributed by atoms with Crippen molar-refractivity contribution in [3.8, 4) is 0 Å². The van der Waals surface area contributed by atoms with E-state index in [1.165, 1.54) is 18.5 Å². The molecular formula is C14H20BrNO. The Hall–Kier alpha value is -0.540. The highest BCUT2D eigenvalue weighted by molar-refractivity contribution is 9.10. The van der Waals surface area contributed by atoms with Gasteiger partial charge in [0.2, 0.25) is 0 Å². The van der Waals surface area contributed by atoms with Gasteiger partial charge in [-0.15, -0.1) is 0 Å². The van der Waals surface area contributed by atoms with Crippen LogP contribution in [0.25, 0.3) is 0 Å². The number of hydrogen-bond donors (Lipinski definition) is 1. The van der Waals surface area contributed by atoms with Gasteiger partial charge in [0.1, 0.15) is 0 Å². The summed E-state index contributed by atoms with van der Waals surface area (Å²) in [7, 11) is 0. The van der Waals surface area contributed by atoms with Crippen LogP contribution in [0.15, 0.2) is 22.7 Å². The molecule has 0 unspecified atom stereocenters. The molecule has 1 N–H and O–H groups in total. The van der Waals surface area contributed by atoms with Gasteiger partial charge in [-0.25, -0.2) is 0 Å². The van der Waals surface area contributed by atoms with Crippen molar-refractivity contribution in [3.63, 3.8) is 0 Å². The minimum absolute atomic E-state index is 0.0912. The van der Waals surface area contributed by atoms with Gasteiger partial charge in [0.25, 0.3) is 0 Å². The Morgan fingerprint density at radius 2 is 1.94 bits per heavy atom. The van der Waals surface area contributed by atoms with Crippen molar-refractivity contribution in [2.45, 2.75) is 33.3 Å². The number of nitrogens with zero attached hydrogens (tertiary/aromatic N) is 1. The van der Waals surface area contributed by atoms with Crippen LogP contribution in [0.1, 0.15) is 32.3 Å². The highest BCUT2D eigenvalue weighted by Crippen LogP contribution is 2.33. The highest BCUT2D eigenvalue weighted by Gasteiger charge is 2.25. The van der Waals surface area contributed by atoms with Crippen LogP contribution in [-0.4, -0.2) is 18.2 Å². The monoisotopic (exact) mass is 297 g/mol. The van der Waals surface area contributed by atoms with Crippen LogP contribution in [0.3, 0.4) is 0 Å². The predicted molar refractivity (Wildman–Crippen MR) is 75.3 cm³/mol. The number of piperidine rings is 1. The maximum absolute atomic E-state index is 9.14. The molecule has 0 radical (unpaired) electrons. The molecule has 1 saturated heterocycles. The summed E-state index contributed by atoms with van der Waals surface area (Å²) in [5.41, 5.74) is 2.69. The van der Waals surface area contributed by atoms with Crippen molar-refractivity contribution in [1.29, 1.82) is 0 Å². The lowest BCUT2D eigenvalue weighted by Crippen LogP contribution is -2.37. The van der Waals surface area contributed by atoms with Gasteiger partial charge in [0, 0.05) is 23.2 Å². The summed E-state index contributed by atoms with van der Waals surface area (Å²) in [5, 5.41) is 9.14. The summed E-state index contributed by atoms with van der Waals surface area (Å²) in [6, 6.07) is 6.22. The van der Waals surface area contributed by atoms with E-state index in [4.69, 9.17) is 5.11 Å². The van der Waals surface area contributed by atoms with Gasteiger partial charge < -0.3 is 10.0 Å². The molecule has 1 aromatic rings. The van der Waals surface area contributed by atoms with Gasteiger partial charge in [-0.2, -0.15) is 0 Å². The van der Waals surface area contributed by atoms with Crippen LogP contribution in [0.4, 0.5) is 5.69 Å². The molecule has 1 aliphatic heterocycles. The number of anilines is 1. The van der Waals surface area contributed by atoms with Gasteiger partial charge in [0.05, 0.1) is 6.61 Å². The summed E-state index contributed by atoms with van der Waals surface area (Å²) >= 11 is 3.51. The van der Waals surface area contributed by atoms with Crippen LogP contribution < -0.4 is 4.90 Å². The molecule has 17 heavy (non-hydrogen) atoms. The zero-order valence-electron chi connectivity index (χ0n) is 10.5. The molecule has 2 nitrogen and oxygen atoms in total. The van der Waals surface area contributed by atoms with E-state index in [0.29, 0.717) is 5.41 Å². The second kappa shape index (κ2) is 4.99. The van der Waals surface area contributed by atoms with E-state index in [9.17, 15) is 0 Å². The molecule has 0 aromatic heterocycles. The molecule has 1 aromatic carbocycles. The van der Waals surface area contributed by atoms with Crippen LogP contribution in [0.2, 0.25) is 0 Å². The third-order valence-electron chi connectivity index (χ3n) is 3.69. The van der Waals surface area contributed by atoms with Crippen LogP contribution in [0.5, 0.6) is 0 Å². The Balaban J connectivity index is 2.11. The quantitative estimate of drug-likeness (QED) is 0.902. The fourth-order valence-corrected chi connectivity index (χ4v) is 2.72. The second-order valence-corrected chi connectivity index (χ2v) is 6.44. The van der Waals surface area contributed by atoms with E-state index in [2.05, 4.69) is 46.8 Å². The van der Waals surface area contributed by atoms with Crippen molar-refractivity contribution in [3.05, 3.63) is 28.2 Å². The SMILES string of the molecule is CC1(C)CCN(c2ccc(CO)c(Br)c2)CC1. The molecule has 2 rings (SSSR count). The van der Waals surface area contributed by atoms with Crippen molar-refractivity contribution in [2.24, 2.45) is 5.41 Å². The number of hydrogen-bond acceptors (Lipinski definition) is 2. The molecule has 0 atom stereocenters. The molecule has 0 amide bonds. The largest absolute Gasteiger partial charge is 0.392 e. The molecule has 1 heterocycles. The number of halogens is 1. The van der Waals surface area contributed by atoms with Crippen LogP contribution in [0, 0.1) is 5.41 Å². The van der Waals surface area contributed by atoms with E-state index >= 15 is 0 Å². The lowest BCUT2D eigenvalue weighted by Gasteiger charge is -2.38. The molecule has 0 spiro atoms. The zero-order valence-corrected chi connectivity index (χ0v) is 12.1. The Morgan fingerprint density at radius 1 is 1.29 bits per heavy atom. The topological polar surface area (TPSA) is 23.5 Å². The average molecular weight is 298 g/mol. The molecule has 94 valence electrons. The third-order valence-corrected chi connectivity index (χ3v) is 4.43. The normalized spacial score (nSPS) is 19.4. The van der Waals surface area contributed by atoms with E-state index in [1.807, 2.05) is 6.07 Å². The third kappa shape index (κ3) is 3.02. The van der Waals surface area contributed by atoms with Gasteiger partial charge in [0.15, 0.2) is 0 Å². The molecule has 3 heteroatoms.